The third-order valence-electron chi connectivity index (χ3n) is 3.23. The fraction of sp³-hybridized carbons (Fsp3) is 0.200. The molecular formula is C15H16ClN7. The molecule has 0 aliphatic heterocycles. The molecule has 3 N–H and O–H groups in total. The minimum absolute atomic E-state index is 0.0188. The van der Waals surface area contributed by atoms with E-state index in [1.54, 1.807) is 18.6 Å². The van der Waals surface area contributed by atoms with Crippen LogP contribution in [0.5, 0.6) is 0 Å². The molecule has 0 spiro atoms. The monoisotopic (exact) mass is 329 g/mol. The Morgan fingerprint density at radius 1 is 1.30 bits per heavy atom. The Balaban J connectivity index is 1.77. The van der Waals surface area contributed by atoms with Gasteiger partial charge in [-0.1, -0.05) is 17.7 Å². The largest absolute Gasteiger partial charge is 0.348 e. The predicted molar refractivity (Wildman–Crippen MR) is 89.9 cm³/mol. The Labute approximate surface area is 138 Å². The lowest BCUT2D eigenvalue weighted by Gasteiger charge is -2.14. The molecule has 1 unspecified atom stereocenters. The van der Waals surface area contributed by atoms with Crippen LogP contribution in [0, 0.1) is 6.92 Å². The smallest absolute Gasteiger partial charge is 0.225 e. The predicted octanol–water partition coefficient (Wildman–Crippen LogP) is 3.47. The van der Waals surface area contributed by atoms with Crippen LogP contribution >= 0.6 is 11.6 Å². The number of hydrogen-bond acceptors (Lipinski definition) is 6. The lowest BCUT2D eigenvalue weighted by Crippen LogP contribution is -2.10. The molecule has 0 amide bonds. The summed E-state index contributed by atoms with van der Waals surface area (Å²) in [7, 11) is 0. The third kappa shape index (κ3) is 3.75. The molecule has 118 valence electrons. The van der Waals surface area contributed by atoms with Crippen LogP contribution in [0.1, 0.15) is 24.2 Å². The van der Waals surface area contributed by atoms with E-state index in [9.17, 15) is 0 Å². The van der Waals surface area contributed by atoms with E-state index in [4.69, 9.17) is 11.6 Å². The summed E-state index contributed by atoms with van der Waals surface area (Å²) in [5.74, 6) is 1.61. The third-order valence-corrected chi connectivity index (χ3v) is 3.50. The highest BCUT2D eigenvalue weighted by atomic mass is 35.5. The number of nitrogens with one attached hydrogen (secondary N) is 3. The SMILES string of the molecule is Cc1cc(Nc2nc(NC(C)c3cccnc3)ncc2Cl)n[nH]1. The van der Waals surface area contributed by atoms with Gasteiger partial charge in [0.2, 0.25) is 5.95 Å². The van der Waals surface area contributed by atoms with Gasteiger partial charge in [-0.15, -0.1) is 0 Å². The molecule has 1 atom stereocenters. The Hall–Kier alpha value is -2.67. The van der Waals surface area contributed by atoms with E-state index in [1.165, 1.54) is 0 Å². The summed E-state index contributed by atoms with van der Waals surface area (Å²) < 4.78 is 0. The van der Waals surface area contributed by atoms with Crippen LogP contribution in [0.2, 0.25) is 5.02 Å². The maximum absolute atomic E-state index is 6.14. The highest BCUT2D eigenvalue weighted by molar-refractivity contribution is 6.32. The van der Waals surface area contributed by atoms with E-state index in [1.807, 2.05) is 32.0 Å². The van der Waals surface area contributed by atoms with Gasteiger partial charge in [-0.2, -0.15) is 10.1 Å². The van der Waals surface area contributed by atoms with Crippen LogP contribution in [0.25, 0.3) is 0 Å². The van der Waals surface area contributed by atoms with Gasteiger partial charge in [0.1, 0.15) is 5.02 Å². The van der Waals surface area contributed by atoms with Gasteiger partial charge in [-0.3, -0.25) is 10.1 Å². The van der Waals surface area contributed by atoms with Gasteiger partial charge in [-0.25, -0.2) is 4.98 Å². The lowest BCUT2D eigenvalue weighted by atomic mass is 10.1. The zero-order chi connectivity index (χ0) is 16.2. The number of nitrogens with zero attached hydrogens (tertiary/aromatic N) is 4. The lowest BCUT2D eigenvalue weighted by molar-refractivity contribution is 0.854. The van der Waals surface area contributed by atoms with Crippen molar-refractivity contribution in [3.63, 3.8) is 0 Å². The number of rotatable bonds is 5. The second kappa shape index (κ2) is 6.62. The topological polar surface area (TPSA) is 91.4 Å². The number of pyridine rings is 1. The molecule has 3 aromatic heterocycles. The maximum Gasteiger partial charge on any atom is 0.225 e. The number of hydrogen-bond donors (Lipinski definition) is 3. The fourth-order valence-corrected chi connectivity index (χ4v) is 2.18. The summed E-state index contributed by atoms with van der Waals surface area (Å²) in [6.07, 6.45) is 5.09. The molecule has 0 aromatic carbocycles. The standard InChI is InChI=1S/C15H16ClN7/c1-9-6-13(23-22-9)20-14-12(16)8-18-15(21-14)19-10(2)11-4-3-5-17-7-11/h3-8,10H,1-2H3,(H3,18,19,20,21,22,23). The second-order valence-corrected chi connectivity index (χ2v) is 5.51. The summed E-state index contributed by atoms with van der Waals surface area (Å²) in [6.45, 7) is 3.93. The molecular weight excluding hydrogens is 314 g/mol. The van der Waals surface area contributed by atoms with E-state index >= 15 is 0 Å². The summed E-state index contributed by atoms with van der Waals surface area (Å²) in [4.78, 5) is 12.7. The number of halogens is 1. The summed E-state index contributed by atoms with van der Waals surface area (Å²) in [6, 6.07) is 5.77. The number of aryl methyl sites for hydroxylation is 1. The highest BCUT2D eigenvalue weighted by Crippen LogP contribution is 2.24. The van der Waals surface area contributed by atoms with Crippen LogP contribution in [0.3, 0.4) is 0 Å². The van der Waals surface area contributed by atoms with Crippen LogP contribution in [0.15, 0.2) is 36.8 Å². The molecule has 0 radical (unpaired) electrons. The fourth-order valence-electron chi connectivity index (χ4n) is 2.04. The van der Waals surface area contributed by atoms with Crippen molar-refractivity contribution in [2.45, 2.75) is 19.9 Å². The van der Waals surface area contributed by atoms with E-state index in [0.717, 1.165) is 11.3 Å². The first-order valence-electron chi connectivity index (χ1n) is 7.10. The van der Waals surface area contributed by atoms with Crippen molar-refractivity contribution in [3.05, 3.63) is 53.1 Å². The molecule has 8 heteroatoms. The molecule has 0 fully saturated rings. The Kier molecular flexibility index (Phi) is 4.38. The molecule has 0 aliphatic rings. The van der Waals surface area contributed by atoms with Gasteiger partial charge in [-0.05, 0) is 25.5 Å². The van der Waals surface area contributed by atoms with Crippen LogP contribution < -0.4 is 10.6 Å². The Morgan fingerprint density at radius 3 is 2.87 bits per heavy atom. The molecule has 3 rings (SSSR count). The van der Waals surface area contributed by atoms with Crippen molar-refractivity contribution in [1.29, 1.82) is 0 Å². The number of aromatic nitrogens is 5. The summed E-state index contributed by atoms with van der Waals surface area (Å²) in [5, 5.41) is 13.7. The van der Waals surface area contributed by atoms with Crippen LogP contribution in [-0.2, 0) is 0 Å². The Morgan fingerprint density at radius 2 is 2.17 bits per heavy atom. The molecule has 0 bridgehead atoms. The van der Waals surface area contributed by atoms with Crippen molar-refractivity contribution in [2.75, 3.05) is 10.6 Å². The van der Waals surface area contributed by atoms with E-state index < -0.39 is 0 Å². The second-order valence-electron chi connectivity index (χ2n) is 5.10. The van der Waals surface area contributed by atoms with Gasteiger partial charge in [0.15, 0.2) is 11.6 Å². The minimum atomic E-state index is 0.0188. The first-order chi connectivity index (χ1) is 11.1. The van der Waals surface area contributed by atoms with E-state index in [0.29, 0.717) is 22.6 Å². The van der Waals surface area contributed by atoms with E-state index in [2.05, 4.69) is 35.8 Å². The molecule has 3 aromatic rings. The first kappa shape index (κ1) is 15.2. The minimum Gasteiger partial charge on any atom is -0.348 e. The molecule has 0 saturated carbocycles. The van der Waals surface area contributed by atoms with Gasteiger partial charge in [0.05, 0.1) is 12.2 Å². The summed E-state index contributed by atoms with van der Waals surface area (Å²) >= 11 is 6.14. The number of aromatic amines is 1. The van der Waals surface area contributed by atoms with Gasteiger partial charge in [0.25, 0.3) is 0 Å². The average Bonchev–Trinajstić information content (AvgIpc) is 2.96. The summed E-state index contributed by atoms with van der Waals surface area (Å²) in [5.41, 5.74) is 1.99. The van der Waals surface area contributed by atoms with Crippen molar-refractivity contribution in [2.24, 2.45) is 0 Å². The van der Waals surface area contributed by atoms with Crippen LogP contribution in [-0.4, -0.2) is 25.1 Å². The van der Waals surface area contributed by atoms with E-state index in [-0.39, 0.29) is 6.04 Å². The molecule has 0 aliphatic carbocycles. The average molecular weight is 330 g/mol. The molecule has 3 heterocycles. The van der Waals surface area contributed by atoms with Crippen molar-refractivity contribution >= 4 is 29.2 Å². The van der Waals surface area contributed by atoms with Gasteiger partial charge < -0.3 is 10.6 Å². The van der Waals surface area contributed by atoms with Crippen molar-refractivity contribution < 1.29 is 0 Å². The van der Waals surface area contributed by atoms with Crippen molar-refractivity contribution in [3.8, 4) is 0 Å². The van der Waals surface area contributed by atoms with Crippen molar-refractivity contribution in [1.82, 2.24) is 25.1 Å². The first-order valence-corrected chi connectivity index (χ1v) is 7.47. The zero-order valence-electron chi connectivity index (χ0n) is 12.7. The number of anilines is 3. The normalized spacial score (nSPS) is 12.0. The maximum atomic E-state index is 6.14. The Bertz CT molecular complexity index is 788. The highest BCUT2D eigenvalue weighted by Gasteiger charge is 2.11. The van der Waals surface area contributed by atoms with Gasteiger partial charge in [0, 0.05) is 24.2 Å². The molecule has 23 heavy (non-hydrogen) atoms. The molecule has 7 nitrogen and oxygen atoms in total. The zero-order valence-corrected chi connectivity index (χ0v) is 13.5. The quantitative estimate of drug-likeness (QED) is 0.664. The number of H-pyrrole nitrogens is 1. The van der Waals surface area contributed by atoms with Crippen LogP contribution in [0.4, 0.5) is 17.6 Å². The van der Waals surface area contributed by atoms with Gasteiger partial charge >= 0.3 is 0 Å². The molecule has 0 saturated heterocycles.